The van der Waals surface area contributed by atoms with E-state index < -0.39 is 0 Å². The SMILES string of the molecule is CC1C(C)C1C(=O)N(C)C(C)C. The maximum atomic E-state index is 11.7. The summed E-state index contributed by atoms with van der Waals surface area (Å²) in [5, 5.41) is 0. The van der Waals surface area contributed by atoms with Crippen LogP contribution in [-0.4, -0.2) is 23.9 Å². The van der Waals surface area contributed by atoms with E-state index in [2.05, 4.69) is 27.7 Å². The Kier molecular flexibility index (Phi) is 2.45. The van der Waals surface area contributed by atoms with Crippen molar-refractivity contribution in [3.8, 4) is 0 Å². The molecule has 1 amide bonds. The third kappa shape index (κ3) is 1.47. The number of amides is 1. The summed E-state index contributed by atoms with van der Waals surface area (Å²) in [7, 11) is 1.89. The van der Waals surface area contributed by atoms with Crippen LogP contribution in [0.2, 0.25) is 0 Å². The van der Waals surface area contributed by atoms with E-state index in [0.717, 1.165) is 0 Å². The van der Waals surface area contributed by atoms with E-state index in [-0.39, 0.29) is 0 Å². The van der Waals surface area contributed by atoms with Crippen LogP contribution in [0, 0.1) is 17.8 Å². The summed E-state index contributed by atoms with van der Waals surface area (Å²) in [4.78, 5) is 13.5. The van der Waals surface area contributed by atoms with E-state index in [1.807, 2.05) is 11.9 Å². The van der Waals surface area contributed by atoms with Crippen LogP contribution in [-0.2, 0) is 4.79 Å². The Bertz CT molecular complexity index is 170. The van der Waals surface area contributed by atoms with E-state index in [1.54, 1.807) is 0 Å². The normalized spacial score (nSPS) is 33.7. The Labute approximate surface area is 74.9 Å². The van der Waals surface area contributed by atoms with Gasteiger partial charge in [0.1, 0.15) is 0 Å². The molecule has 1 saturated carbocycles. The van der Waals surface area contributed by atoms with Gasteiger partial charge in [-0.2, -0.15) is 0 Å². The monoisotopic (exact) mass is 169 g/mol. The fourth-order valence-electron chi connectivity index (χ4n) is 1.60. The summed E-state index contributed by atoms with van der Waals surface area (Å²) in [6.07, 6.45) is 0. The molecule has 0 N–H and O–H groups in total. The van der Waals surface area contributed by atoms with Gasteiger partial charge in [-0.25, -0.2) is 0 Å². The highest BCUT2D eigenvalue weighted by Crippen LogP contribution is 2.46. The first-order chi connectivity index (χ1) is 5.46. The predicted octanol–water partition coefficient (Wildman–Crippen LogP) is 1.76. The summed E-state index contributed by atoms with van der Waals surface area (Å²) in [6, 6.07) is 0.331. The first-order valence-corrected chi connectivity index (χ1v) is 4.73. The van der Waals surface area contributed by atoms with E-state index in [9.17, 15) is 4.79 Å². The summed E-state index contributed by atoms with van der Waals surface area (Å²) in [5.74, 6) is 1.82. The van der Waals surface area contributed by atoms with Crippen molar-refractivity contribution < 1.29 is 4.79 Å². The molecule has 12 heavy (non-hydrogen) atoms. The van der Waals surface area contributed by atoms with Crippen LogP contribution in [0.15, 0.2) is 0 Å². The van der Waals surface area contributed by atoms with Gasteiger partial charge in [-0.05, 0) is 25.7 Å². The average Bonchev–Trinajstić information content (AvgIpc) is 2.57. The minimum Gasteiger partial charge on any atom is -0.343 e. The first kappa shape index (κ1) is 9.56. The Balaban J connectivity index is 2.50. The molecule has 0 spiro atoms. The lowest BCUT2D eigenvalue weighted by atomic mass is 10.2. The quantitative estimate of drug-likeness (QED) is 0.616. The molecule has 2 heteroatoms. The molecule has 0 bridgehead atoms. The molecule has 1 rings (SSSR count). The van der Waals surface area contributed by atoms with Crippen LogP contribution in [0.25, 0.3) is 0 Å². The van der Waals surface area contributed by atoms with Gasteiger partial charge in [-0.1, -0.05) is 13.8 Å². The predicted molar refractivity (Wildman–Crippen MR) is 49.7 cm³/mol. The first-order valence-electron chi connectivity index (χ1n) is 4.73. The Morgan fingerprint density at radius 2 is 1.67 bits per heavy atom. The molecule has 0 aromatic carbocycles. The number of hydrogen-bond donors (Lipinski definition) is 0. The summed E-state index contributed by atoms with van der Waals surface area (Å²) >= 11 is 0. The molecule has 2 atom stereocenters. The minimum absolute atomic E-state index is 0.303. The molecule has 1 aliphatic carbocycles. The third-order valence-electron chi connectivity index (χ3n) is 3.23. The minimum atomic E-state index is 0.303. The van der Waals surface area contributed by atoms with Crippen LogP contribution in [0.4, 0.5) is 0 Å². The van der Waals surface area contributed by atoms with Gasteiger partial charge in [0, 0.05) is 19.0 Å². The zero-order valence-electron chi connectivity index (χ0n) is 8.66. The molecule has 0 heterocycles. The van der Waals surface area contributed by atoms with Crippen LogP contribution in [0.5, 0.6) is 0 Å². The molecule has 70 valence electrons. The number of carbonyl (C=O) groups is 1. The molecule has 1 fully saturated rings. The van der Waals surface area contributed by atoms with Gasteiger partial charge in [-0.15, -0.1) is 0 Å². The van der Waals surface area contributed by atoms with Gasteiger partial charge >= 0.3 is 0 Å². The standard InChI is InChI=1S/C10H19NO/c1-6(2)11(5)10(12)9-7(3)8(9)4/h6-9H,1-5H3. The molecule has 0 aromatic heterocycles. The van der Waals surface area contributed by atoms with Crippen molar-refractivity contribution in [3.63, 3.8) is 0 Å². The third-order valence-corrected chi connectivity index (χ3v) is 3.23. The maximum Gasteiger partial charge on any atom is 0.226 e. The molecule has 0 saturated heterocycles. The summed E-state index contributed by atoms with van der Waals surface area (Å²) in [6.45, 7) is 8.41. The van der Waals surface area contributed by atoms with Gasteiger partial charge in [0.05, 0.1) is 0 Å². The fourth-order valence-corrected chi connectivity index (χ4v) is 1.60. The molecular formula is C10H19NO. The molecule has 0 radical (unpaired) electrons. The van der Waals surface area contributed by atoms with Crippen molar-refractivity contribution in [2.45, 2.75) is 33.7 Å². The lowest BCUT2D eigenvalue weighted by molar-refractivity contribution is -0.133. The Morgan fingerprint density at radius 1 is 1.25 bits per heavy atom. The average molecular weight is 169 g/mol. The van der Waals surface area contributed by atoms with Crippen LogP contribution in [0.3, 0.4) is 0 Å². The molecule has 0 aliphatic heterocycles. The topological polar surface area (TPSA) is 20.3 Å². The smallest absolute Gasteiger partial charge is 0.226 e. The Hall–Kier alpha value is -0.530. The summed E-state index contributed by atoms with van der Waals surface area (Å²) in [5.41, 5.74) is 0. The summed E-state index contributed by atoms with van der Waals surface area (Å²) < 4.78 is 0. The largest absolute Gasteiger partial charge is 0.343 e. The number of rotatable bonds is 2. The number of nitrogens with zero attached hydrogens (tertiary/aromatic N) is 1. The number of carbonyl (C=O) groups excluding carboxylic acids is 1. The van der Waals surface area contributed by atoms with Crippen LogP contribution < -0.4 is 0 Å². The van der Waals surface area contributed by atoms with E-state index in [1.165, 1.54) is 0 Å². The second-order valence-corrected chi connectivity index (χ2v) is 4.29. The Morgan fingerprint density at radius 3 is 1.92 bits per heavy atom. The van der Waals surface area contributed by atoms with Crippen molar-refractivity contribution in [2.75, 3.05) is 7.05 Å². The van der Waals surface area contributed by atoms with Gasteiger partial charge in [0.15, 0.2) is 0 Å². The highest BCUT2D eigenvalue weighted by Gasteiger charge is 2.49. The highest BCUT2D eigenvalue weighted by molar-refractivity contribution is 5.82. The maximum absolute atomic E-state index is 11.7. The van der Waals surface area contributed by atoms with Crippen molar-refractivity contribution in [2.24, 2.45) is 17.8 Å². The van der Waals surface area contributed by atoms with Crippen molar-refractivity contribution in [3.05, 3.63) is 0 Å². The zero-order valence-corrected chi connectivity index (χ0v) is 8.66. The number of hydrogen-bond acceptors (Lipinski definition) is 1. The van der Waals surface area contributed by atoms with Crippen molar-refractivity contribution in [1.82, 2.24) is 4.90 Å². The van der Waals surface area contributed by atoms with E-state index >= 15 is 0 Å². The van der Waals surface area contributed by atoms with Gasteiger partial charge in [-0.3, -0.25) is 4.79 Å². The fraction of sp³-hybridized carbons (Fsp3) is 0.900. The van der Waals surface area contributed by atoms with E-state index in [0.29, 0.717) is 29.7 Å². The molecule has 0 aromatic rings. The second kappa shape index (κ2) is 3.08. The van der Waals surface area contributed by atoms with Gasteiger partial charge < -0.3 is 4.90 Å². The molecule has 1 aliphatic rings. The molecule has 2 unspecified atom stereocenters. The van der Waals surface area contributed by atoms with Crippen LogP contribution >= 0.6 is 0 Å². The lowest BCUT2D eigenvalue weighted by Crippen LogP contribution is -2.34. The molecular weight excluding hydrogens is 150 g/mol. The second-order valence-electron chi connectivity index (χ2n) is 4.29. The van der Waals surface area contributed by atoms with Gasteiger partial charge in [0.2, 0.25) is 5.91 Å². The van der Waals surface area contributed by atoms with Gasteiger partial charge in [0.25, 0.3) is 0 Å². The van der Waals surface area contributed by atoms with Crippen LogP contribution in [0.1, 0.15) is 27.7 Å². The van der Waals surface area contributed by atoms with E-state index in [4.69, 9.17) is 0 Å². The zero-order chi connectivity index (χ0) is 9.46. The lowest BCUT2D eigenvalue weighted by Gasteiger charge is -2.21. The van der Waals surface area contributed by atoms with Crippen molar-refractivity contribution in [1.29, 1.82) is 0 Å². The molecule has 2 nitrogen and oxygen atoms in total. The highest BCUT2D eigenvalue weighted by atomic mass is 16.2. The van der Waals surface area contributed by atoms with Crippen molar-refractivity contribution >= 4 is 5.91 Å².